The van der Waals surface area contributed by atoms with Crippen LogP contribution in [0.2, 0.25) is 0 Å². The van der Waals surface area contributed by atoms with Crippen LogP contribution in [0, 0.1) is 0 Å². The molecule has 1 rings (SSSR count). The summed E-state index contributed by atoms with van der Waals surface area (Å²) in [6, 6.07) is 6.39. The van der Waals surface area contributed by atoms with Gasteiger partial charge in [0, 0.05) is 5.56 Å². The Kier molecular flexibility index (Phi) is 3.58. The van der Waals surface area contributed by atoms with Crippen LogP contribution in [0.15, 0.2) is 24.3 Å². The second-order valence-corrected chi connectivity index (χ2v) is 3.36. The van der Waals surface area contributed by atoms with E-state index in [-0.39, 0.29) is 5.56 Å². The van der Waals surface area contributed by atoms with E-state index in [0.29, 0.717) is 0 Å². The van der Waals surface area contributed by atoms with Crippen molar-refractivity contribution in [3.8, 4) is 0 Å². The van der Waals surface area contributed by atoms with Gasteiger partial charge in [0.1, 0.15) is 0 Å². The smallest absolute Gasteiger partial charge is 0.285 e. The predicted octanol–water partition coefficient (Wildman–Crippen LogP) is 2.69. The standard InChI is InChI=1S/C11H15F2N/c1-2-3-9-4-6-10(7-5-9)11(12,13)8-14/h4-7H,2-3,8,14H2,1H3. The van der Waals surface area contributed by atoms with Crippen molar-refractivity contribution in [2.24, 2.45) is 5.73 Å². The van der Waals surface area contributed by atoms with Gasteiger partial charge in [-0.25, -0.2) is 0 Å². The minimum atomic E-state index is -2.90. The van der Waals surface area contributed by atoms with Crippen molar-refractivity contribution in [1.29, 1.82) is 0 Å². The first-order chi connectivity index (χ1) is 6.60. The SMILES string of the molecule is CCCc1ccc(C(F)(F)CN)cc1. The quantitative estimate of drug-likeness (QED) is 0.792. The van der Waals surface area contributed by atoms with Crippen molar-refractivity contribution in [1.82, 2.24) is 0 Å². The fraction of sp³-hybridized carbons (Fsp3) is 0.455. The predicted molar refractivity (Wildman–Crippen MR) is 53.4 cm³/mol. The maximum atomic E-state index is 13.1. The van der Waals surface area contributed by atoms with Crippen LogP contribution in [0.5, 0.6) is 0 Å². The lowest BCUT2D eigenvalue weighted by Gasteiger charge is -2.14. The molecule has 0 unspecified atom stereocenters. The Morgan fingerprint density at radius 1 is 1.21 bits per heavy atom. The van der Waals surface area contributed by atoms with Crippen LogP contribution in [0.4, 0.5) is 8.78 Å². The molecule has 0 atom stereocenters. The summed E-state index contributed by atoms with van der Waals surface area (Å²) in [5.74, 6) is -2.90. The van der Waals surface area contributed by atoms with Crippen molar-refractivity contribution in [3.05, 3.63) is 35.4 Å². The molecule has 0 heterocycles. The fourth-order valence-electron chi connectivity index (χ4n) is 1.32. The van der Waals surface area contributed by atoms with Gasteiger partial charge in [-0.2, -0.15) is 8.78 Å². The van der Waals surface area contributed by atoms with E-state index < -0.39 is 12.5 Å². The van der Waals surface area contributed by atoms with Crippen LogP contribution in [-0.4, -0.2) is 6.54 Å². The largest absolute Gasteiger partial charge is 0.325 e. The van der Waals surface area contributed by atoms with Gasteiger partial charge in [0.25, 0.3) is 5.92 Å². The number of halogens is 2. The first kappa shape index (κ1) is 11.1. The molecule has 1 nitrogen and oxygen atoms in total. The lowest BCUT2D eigenvalue weighted by molar-refractivity contribution is 0.00594. The summed E-state index contributed by atoms with van der Waals surface area (Å²) in [6.07, 6.45) is 1.95. The molecule has 2 N–H and O–H groups in total. The van der Waals surface area contributed by atoms with Gasteiger partial charge in [0.15, 0.2) is 0 Å². The second kappa shape index (κ2) is 4.51. The third-order valence-electron chi connectivity index (χ3n) is 2.17. The maximum absolute atomic E-state index is 13.1. The molecule has 0 aliphatic heterocycles. The maximum Gasteiger partial charge on any atom is 0.285 e. The first-order valence-corrected chi connectivity index (χ1v) is 4.77. The zero-order valence-electron chi connectivity index (χ0n) is 8.26. The molecule has 0 radical (unpaired) electrons. The molecular formula is C11H15F2N. The first-order valence-electron chi connectivity index (χ1n) is 4.77. The Morgan fingerprint density at radius 3 is 2.21 bits per heavy atom. The molecule has 0 aliphatic rings. The number of hydrogen-bond acceptors (Lipinski definition) is 1. The summed E-state index contributed by atoms with van der Waals surface area (Å²) in [7, 11) is 0. The van der Waals surface area contributed by atoms with Crippen LogP contribution in [0.3, 0.4) is 0 Å². The van der Waals surface area contributed by atoms with Crippen LogP contribution in [-0.2, 0) is 12.3 Å². The molecule has 0 fully saturated rings. The molecule has 0 saturated carbocycles. The number of alkyl halides is 2. The molecule has 0 bridgehead atoms. The molecule has 78 valence electrons. The van der Waals surface area contributed by atoms with Gasteiger partial charge in [-0.05, 0) is 12.0 Å². The Balaban J connectivity index is 2.82. The highest BCUT2D eigenvalue weighted by atomic mass is 19.3. The minimum Gasteiger partial charge on any atom is -0.325 e. The normalized spacial score (nSPS) is 11.7. The Labute approximate surface area is 82.9 Å². The lowest BCUT2D eigenvalue weighted by atomic mass is 10.0. The van der Waals surface area contributed by atoms with Gasteiger partial charge in [-0.15, -0.1) is 0 Å². The monoisotopic (exact) mass is 199 g/mol. The highest BCUT2D eigenvalue weighted by Gasteiger charge is 2.28. The molecule has 0 saturated heterocycles. The Morgan fingerprint density at radius 2 is 1.79 bits per heavy atom. The van der Waals surface area contributed by atoms with Crippen LogP contribution >= 0.6 is 0 Å². The van der Waals surface area contributed by atoms with E-state index >= 15 is 0 Å². The molecule has 1 aromatic rings. The van der Waals surface area contributed by atoms with Crippen LogP contribution in [0.25, 0.3) is 0 Å². The number of aryl methyl sites for hydroxylation is 1. The van der Waals surface area contributed by atoms with Gasteiger partial charge in [0.2, 0.25) is 0 Å². The lowest BCUT2D eigenvalue weighted by Crippen LogP contribution is -2.24. The third kappa shape index (κ3) is 2.51. The Hall–Kier alpha value is -0.960. The molecular weight excluding hydrogens is 184 g/mol. The summed E-state index contributed by atoms with van der Waals surface area (Å²) in [5.41, 5.74) is 6.07. The van der Waals surface area contributed by atoms with E-state index in [4.69, 9.17) is 5.73 Å². The number of nitrogens with two attached hydrogens (primary N) is 1. The van der Waals surface area contributed by atoms with E-state index in [1.165, 1.54) is 12.1 Å². The van der Waals surface area contributed by atoms with Crippen molar-refractivity contribution in [2.75, 3.05) is 6.54 Å². The van der Waals surface area contributed by atoms with Crippen LogP contribution < -0.4 is 5.73 Å². The zero-order chi connectivity index (χ0) is 10.6. The van der Waals surface area contributed by atoms with E-state index in [2.05, 4.69) is 6.92 Å². The van der Waals surface area contributed by atoms with E-state index in [0.717, 1.165) is 18.4 Å². The number of rotatable bonds is 4. The summed E-state index contributed by atoms with van der Waals surface area (Å²) >= 11 is 0. The molecule has 0 aliphatic carbocycles. The third-order valence-corrected chi connectivity index (χ3v) is 2.17. The van der Waals surface area contributed by atoms with Gasteiger partial charge >= 0.3 is 0 Å². The summed E-state index contributed by atoms with van der Waals surface area (Å²) in [5, 5.41) is 0. The highest BCUT2D eigenvalue weighted by molar-refractivity contribution is 5.26. The number of benzene rings is 1. The van der Waals surface area contributed by atoms with Crippen LogP contribution in [0.1, 0.15) is 24.5 Å². The van der Waals surface area contributed by atoms with E-state index in [9.17, 15) is 8.78 Å². The fourth-order valence-corrected chi connectivity index (χ4v) is 1.32. The van der Waals surface area contributed by atoms with Crippen molar-refractivity contribution < 1.29 is 8.78 Å². The average molecular weight is 199 g/mol. The summed E-state index contributed by atoms with van der Waals surface area (Å²) in [4.78, 5) is 0. The van der Waals surface area contributed by atoms with Crippen molar-refractivity contribution in [2.45, 2.75) is 25.7 Å². The van der Waals surface area contributed by atoms with Crippen molar-refractivity contribution in [3.63, 3.8) is 0 Å². The molecule has 0 amide bonds. The molecule has 3 heteroatoms. The topological polar surface area (TPSA) is 26.0 Å². The van der Waals surface area contributed by atoms with Gasteiger partial charge in [-0.3, -0.25) is 0 Å². The molecule has 0 spiro atoms. The average Bonchev–Trinajstić information content (AvgIpc) is 2.19. The minimum absolute atomic E-state index is 0.000136. The second-order valence-electron chi connectivity index (χ2n) is 3.36. The van der Waals surface area contributed by atoms with E-state index in [1.807, 2.05) is 0 Å². The highest BCUT2D eigenvalue weighted by Crippen LogP contribution is 2.26. The summed E-state index contributed by atoms with van der Waals surface area (Å²) < 4.78 is 26.2. The summed E-state index contributed by atoms with van der Waals surface area (Å²) in [6.45, 7) is 1.42. The molecule has 1 aromatic carbocycles. The molecule has 0 aromatic heterocycles. The number of hydrogen-bond donors (Lipinski definition) is 1. The van der Waals surface area contributed by atoms with Gasteiger partial charge in [-0.1, -0.05) is 37.6 Å². The molecule has 14 heavy (non-hydrogen) atoms. The van der Waals surface area contributed by atoms with E-state index in [1.54, 1.807) is 12.1 Å². The van der Waals surface area contributed by atoms with Crippen molar-refractivity contribution >= 4 is 0 Å². The van der Waals surface area contributed by atoms with Gasteiger partial charge < -0.3 is 5.73 Å². The zero-order valence-corrected chi connectivity index (χ0v) is 8.26. The van der Waals surface area contributed by atoms with Gasteiger partial charge in [0.05, 0.1) is 6.54 Å². The Bertz CT molecular complexity index is 280.